The van der Waals surface area contributed by atoms with Crippen LogP contribution in [-0.4, -0.2) is 31.6 Å². The van der Waals surface area contributed by atoms with Gasteiger partial charge in [-0.2, -0.15) is 0 Å². The Balaban J connectivity index is 1.78. The minimum Gasteiger partial charge on any atom is -0.371 e. The SMILES string of the molecule is NC1CCC(C2COC(N)CO2)CC1. The van der Waals surface area contributed by atoms with Crippen molar-refractivity contribution in [2.75, 3.05) is 13.2 Å². The second-order valence-corrected chi connectivity index (χ2v) is 4.42. The van der Waals surface area contributed by atoms with Gasteiger partial charge in [-0.1, -0.05) is 0 Å². The minimum atomic E-state index is -0.225. The van der Waals surface area contributed by atoms with Crippen molar-refractivity contribution in [2.45, 2.75) is 44.1 Å². The van der Waals surface area contributed by atoms with Crippen molar-refractivity contribution < 1.29 is 9.47 Å². The van der Waals surface area contributed by atoms with Gasteiger partial charge in [0, 0.05) is 6.04 Å². The molecule has 2 aliphatic rings. The van der Waals surface area contributed by atoms with Crippen LogP contribution < -0.4 is 11.5 Å². The summed E-state index contributed by atoms with van der Waals surface area (Å²) < 4.78 is 11.1. The van der Waals surface area contributed by atoms with E-state index in [9.17, 15) is 0 Å². The van der Waals surface area contributed by atoms with Crippen LogP contribution in [-0.2, 0) is 9.47 Å². The Labute approximate surface area is 84.9 Å². The zero-order valence-electron chi connectivity index (χ0n) is 8.52. The number of hydrogen-bond donors (Lipinski definition) is 2. The summed E-state index contributed by atoms with van der Waals surface area (Å²) in [6.07, 6.45) is 4.61. The fourth-order valence-electron chi connectivity index (χ4n) is 2.32. The number of rotatable bonds is 1. The van der Waals surface area contributed by atoms with Crippen molar-refractivity contribution in [1.29, 1.82) is 0 Å². The van der Waals surface area contributed by atoms with Crippen LogP contribution in [0.3, 0.4) is 0 Å². The van der Waals surface area contributed by atoms with Gasteiger partial charge in [-0.05, 0) is 31.6 Å². The highest BCUT2D eigenvalue weighted by Gasteiger charge is 2.30. The van der Waals surface area contributed by atoms with Crippen molar-refractivity contribution >= 4 is 0 Å². The lowest BCUT2D eigenvalue weighted by molar-refractivity contribution is -0.152. The van der Waals surface area contributed by atoms with Crippen molar-refractivity contribution in [3.63, 3.8) is 0 Å². The lowest BCUT2D eigenvalue weighted by Crippen LogP contribution is -2.45. The standard InChI is InChI=1S/C10H20N2O2/c11-8-3-1-7(2-4-8)9-5-14-10(12)6-13-9/h7-10H,1-6,11-12H2. The lowest BCUT2D eigenvalue weighted by Gasteiger charge is -2.36. The summed E-state index contributed by atoms with van der Waals surface area (Å²) in [5.74, 6) is 0.627. The molecular weight excluding hydrogens is 180 g/mol. The minimum absolute atomic E-state index is 0.225. The molecule has 1 saturated heterocycles. The van der Waals surface area contributed by atoms with Crippen LogP contribution in [0.5, 0.6) is 0 Å². The summed E-state index contributed by atoms with van der Waals surface area (Å²) in [7, 11) is 0. The van der Waals surface area contributed by atoms with E-state index in [4.69, 9.17) is 20.9 Å². The van der Waals surface area contributed by atoms with Crippen LogP contribution >= 0.6 is 0 Å². The van der Waals surface area contributed by atoms with E-state index in [2.05, 4.69) is 0 Å². The molecule has 0 spiro atoms. The Kier molecular flexibility index (Phi) is 3.38. The average molecular weight is 200 g/mol. The number of hydrogen-bond acceptors (Lipinski definition) is 4. The highest BCUT2D eigenvalue weighted by Crippen LogP contribution is 2.28. The maximum Gasteiger partial charge on any atom is 0.129 e. The van der Waals surface area contributed by atoms with Gasteiger partial charge in [0.05, 0.1) is 19.3 Å². The van der Waals surface area contributed by atoms with E-state index in [-0.39, 0.29) is 12.3 Å². The molecule has 0 aromatic carbocycles. The maximum absolute atomic E-state index is 5.86. The molecule has 0 bridgehead atoms. The number of nitrogens with two attached hydrogens (primary N) is 2. The molecule has 0 aromatic rings. The Morgan fingerprint density at radius 1 is 0.857 bits per heavy atom. The van der Waals surface area contributed by atoms with E-state index < -0.39 is 0 Å². The summed E-state index contributed by atoms with van der Waals surface area (Å²) in [5.41, 5.74) is 11.4. The maximum atomic E-state index is 5.86. The van der Waals surface area contributed by atoms with Gasteiger partial charge >= 0.3 is 0 Å². The van der Waals surface area contributed by atoms with E-state index in [0.29, 0.717) is 25.2 Å². The van der Waals surface area contributed by atoms with Gasteiger partial charge in [0.1, 0.15) is 6.23 Å². The second kappa shape index (κ2) is 4.57. The first kappa shape index (κ1) is 10.4. The first-order valence-electron chi connectivity index (χ1n) is 5.50. The predicted molar refractivity (Wildman–Crippen MR) is 53.6 cm³/mol. The molecule has 1 aliphatic heterocycles. The van der Waals surface area contributed by atoms with Crippen LogP contribution in [0.1, 0.15) is 25.7 Å². The van der Waals surface area contributed by atoms with E-state index in [1.165, 1.54) is 12.8 Å². The molecule has 2 fully saturated rings. The monoisotopic (exact) mass is 200 g/mol. The van der Waals surface area contributed by atoms with Gasteiger partial charge in [0.25, 0.3) is 0 Å². The van der Waals surface area contributed by atoms with Gasteiger partial charge in [-0.15, -0.1) is 0 Å². The van der Waals surface area contributed by atoms with Crippen molar-refractivity contribution in [3.8, 4) is 0 Å². The van der Waals surface area contributed by atoms with Crippen LogP contribution in [0.4, 0.5) is 0 Å². The van der Waals surface area contributed by atoms with Gasteiger partial charge in [0.2, 0.25) is 0 Å². The van der Waals surface area contributed by atoms with Gasteiger partial charge in [0.15, 0.2) is 0 Å². The van der Waals surface area contributed by atoms with Crippen LogP contribution in [0.25, 0.3) is 0 Å². The zero-order chi connectivity index (χ0) is 9.97. The normalized spacial score (nSPS) is 45.0. The second-order valence-electron chi connectivity index (χ2n) is 4.42. The topological polar surface area (TPSA) is 70.5 Å². The number of ether oxygens (including phenoxy) is 2. The molecule has 0 radical (unpaired) electrons. The summed E-state index contributed by atoms with van der Waals surface area (Å²) >= 11 is 0. The van der Waals surface area contributed by atoms with E-state index in [1.54, 1.807) is 0 Å². The zero-order valence-corrected chi connectivity index (χ0v) is 8.52. The van der Waals surface area contributed by atoms with Crippen molar-refractivity contribution in [2.24, 2.45) is 17.4 Å². The summed E-state index contributed by atoms with van der Waals surface area (Å²) in [4.78, 5) is 0. The lowest BCUT2D eigenvalue weighted by atomic mass is 9.83. The first-order chi connectivity index (χ1) is 6.75. The van der Waals surface area contributed by atoms with Crippen LogP contribution in [0.15, 0.2) is 0 Å². The molecule has 1 aliphatic carbocycles. The predicted octanol–water partition coefficient (Wildman–Crippen LogP) is 0.204. The Bertz CT molecular complexity index is 153. The van der Waals surface area contributed by atoms with Crippen molar-refractivity contribution in [3.05, 3.63) is 0 Å². The van der Waals surface area contributed by atoms with E-state index in [0.717, 1.165) is 12.8 Å². The molecule has 1 saturated carbocycles. The molecule has 4 N–H and O–H groups in total. The highest BCUT2D eigenvalue weighted by atomic mass is 16.6. The molecular formula is C10H20N2O2. The van der Waals surface area contributed by atoms with Gasteiger partial charge in [-0.3, -0.25) is 0 Å². The highest BCUT2D eigenvalue weighted by molar-refractivity contribution is 4.81. The first-order valence-corrected chi connectivity index (χ1v) is 5.50. The Morgan fingerprint density at radius 2 is 1.57 bits per heavy atom. The van der Waals surface area contributed by atoms with Crippen molar-refractivity contribution in [1.82, 2.24) is 0 Å². The molecule has 2 atom stereocenters. The van der Waals surface area contributed by atoms with Crippen LogP contribution in [0, 0.1) is 5.92 Å². The Hall–Kier alpha value is -0.160. The summed E-state index contributed by atoms with van der Waals surface area (Å²) in [5, 5.41) is 0. The summed E-state index contributed by atoms with van der Waals surface area (Å²) in [6, 6.07) is 0.401. The molecule has 1 heterocycles. The molecule has 4 nitrogen and oxygen atoms in total. The molecule has 14 heavy (non-hydrogen) atoms. The van der Waals surface area contributed by atoms with E-state index in [1.807, 2.05) is 0 Å². The summed E-state index contributed by atoms with van der Waals surface area (Å²) in [6.45, 7) is 1.19. The molecule has 82 valence electrons. The molecule has 2 rings (SSSR count). The fraction of sp³-hybridized carbons (Fsp3) is 1.00. The molecule has 2 unspecified atom stereocenters. The quantitative estimate of drug-likeness (QED) is 0.634. The third kappa shape index (κ3) is 2.45. The average Bonchev–Trinajstić information content (AvgIpc) is 2.21. The van der Waals surface area contributed by atoms with E-state index >= 15 is 0 Å². The third-order valence-electron chi connectivity index (χ3n) is 3.29. The molecule has 0 aromatic heterocycles. The molecule has 4 heteroatoms. The largest absolute Gasteiger partial charge is 0.371 e. The third-order valence-corrected chi connectivity index (χ3v) is 3.29. The van der Waals surface area contributed by atoms with Gasteiger partial charge in [-0.25, -0.2) is 0 Å². The smallest absolute Gasteiger partial charge is 0.129 e. The Morgan fingerprint density at radius 3 is 2.14 bits per heavy atom. The van der Waals surface area contributed by atoms with Crippen LogP contribution in [0.2, 0.25) is 0 Å². The molecule has 0 amide bonds. The van der Waals surface area contributed by atoms with Gasteiger partial charge < -0.3 is 20.9 Å². The fourth-order valence-corrected chi connectivity index (χ4v) is 2.32.